The number of nitrogens with two attached hydrogens (primary N) is 2. The Balaban J connectivity index is 1.45. The van der Waals surface area contributed by atoms with E-state index >= 15 is 0 Å². The monoisotopic (exact) mass is 535 g/mol. The molecule has 4 rings (SSSR count). The number of nitrogens with one attached hydrogen (secondary N) is 2. The maximum Gasteiger partial charge on any atom is 0.573 e. The van der Waals surface area contributed by atoms with Crippen LogP contribution in [0.15, 0.2) is 36.5 Å². The van der Waals surface area contributed by atoms with Gasteiger partial charge in [0.15, 0.2) is 5.69 Å². The molecule has 1 aromatic carbocycles. The van der Waals surface area contributed by atoms with Crippen molar-refractivity contribution < 1.29 is 36.7 Å². The van der Waals surface area contributed by atoms with E-state index < -0.39 is 41.5 Å². The summed E-state index contributed by atoms with van der Waals surface area (Å²) in [5, 5.41) is 8.82. The van der Waals surface area contributed by atoms with Crippen LogP contribution in [-0.2, 0) is 11.2 Å². The van der Waals surface area contributed by atoms with Crippen LogP contribution in [0, 0.1) is 5.95 Å². The van der Waals surface area contributed by atoms with Gasteiger partial charge in [0, 0.05) is 0 Å². The SMILES string of the molecule is NC(=O)c1c(C(=O)Nc2cc(NC(=O)Cc3ccc(OC(F)(F)F)cc3)cnc2F)nn(C2CCC2)c1N. The Morgan fingerprint density at radius 1 is 1.13 bits per heavy atom. The van der Waals surface area contributed by atoms with Gasteiger partial charge in [0.2, 0.25) is 11.9 Å². The number of hydrogen-bond acceptors (Lipinski definition) is 7. The molecule has 0 bridgehead atoms. The second-order valence-corrected chi connectivity index (χ2v) is 8.44. The molecule has 0 radical (unpaired) electrons. The molecule has 15 heteroatoms. The first-order valence-electron chi connectivity index (χ1n) is 11.2. The molecule has 0 unspecified atom stereocenters. The number of primary amides is 1. The average molecular weight is 535 g/mol. The third kappa shape index (κ3) is 5.99. The lowest BCUT2D eigenvalue weighted by Gasteiger charge is -2.26. The molecule has 6 N–H and O–H groups in total. The molecule has 0 atom stereocenters. The zero-order valence-electron chi connectivity index (χ0n) is 19.5. The molecule has 3 aromatic rings. The van der Waals surface area contributed by atoms with E-state index in [4.69, 9.17) is 11.5 Å². The molecule has 3 amide bonds. The predicted octanol–water partition coefficient (Wildman–Crippen LogP) is 3.16. The first-order valence-corrected chi connectivity index (χ1v) is 11.2. The molecular formula is C23H21F4N7O4. The molecule has 200 valence electrons. The summed E-state index contributed by atoms with van der Waals surface area (Å²) in [7, 11) is 0. The maximum absolute atomic E-state index is 14.3. The number of hydrogen-bond donors (Lipinski definition) is 4. The zero-order chi connectivity index (χ0) is 27.6. The van der Waals surface area contributed by atoms with Gasteiger partial charge in [-0.2, -0.15) is 9.49 Å². The molecule has 1 aliphatic carbocycles. The van der Waals surface area contributed by atoms with E-state index in [0.717, 1.165) is 43.7 Å². The summed E-state index contributed by atoms with van der Waals surface area (Å²) in [5.41, 5.74) is 10.7. The van der Waals surface area contributed by atoms with Crippen LogP contribution < -0.4 is 26.8 Å². The quantitative estimate of drug-likeness (QED) is 0.254. The van der Waals surface area contributed by atoms with Crippen molar-refractivity contribution in [3.8, 4) is 5.75 Å². The lowest BCUT2D eigenvalue weighted by atomic mass is 9.93. The average Bonchev–Trinajstić information content (AvgIpc) is 3.12. The van der Waals surface area contributed by atoms with E-state index in [2.05, 4.69) is 25.5 Å². The van der Waals surface area contributed by atoms with E-state index in [0.29, 0.717) is 5.56 Å². The van der Waals surface area contributed by atoms with Gasteiger partial charge >= 0.3 is 6.36 Å². The summed E-state index contributed by atoms with van der Waals surface area (Å²) in [4.78, 5) is 40.7. The topological polar surface area (TPSA) is 167 Å². The highest BCUT2D eigenvalue weighted by Crippen LogP contribution is 2.34. The number of ether oxygens (including phenoxy) is 1. The fraction of sp³-hybridized carbons (Fsp3) is 0.261. The van der Waals surface area contributed by atoms with Crippen LogP contribution in [0.4, 0.5) is 34.8 Å². The van der Waals surface area contributed by atoms with Crippen LogP contribution in [0.2, 0.25) is 0 Å². The number of benzene rings is 1. The fourth-order valence-electron chi connectivity index (χ4n) is 3.74. The molecule has 1 saturated carbocycles. The second-order valence-electron chi connectivity index (χ2n) is 8.44. The standard InChI is InChI=1S/C23H21F4N7O4/c24-19-15(32-22(37)18-17(21(29)36)20(28)34(33-18)13-2-1-3-13)9-12(10-30-19)31-16(35)8-11-4-6-14(7-5-11)38-23(25,26)27/h4-7,9-10,13H,1-3,8,28H2,(H2,29,36)(H,31,35)(H,32,37). The minimum Gasteiger partial charge on any atom is -0.406 e. The zero-order valence-corrected chi connectivity index (χ0v) is 19.5. The normalized spacial score (nSPS) is 13.5. The van der Waals surface area contributed by atoms with Gasteiger partial charge in [0.25, 0.3) is 11.8 Å². The van der Waals surface area contributed by atoms with Crippen molar-refractivity contribution >= 4 is 34.9 Å². The Labute approximate surface area is 212 Å². The Kier molecular flexibility index (Phi) is 7.19. The first kappa shape index (κ1) is 26.4. The van der Waals surface area contributed by atoms with Gasteiger partial charge in [-0.1, -0.05) is 12.1 Å². The van der Waals surface area contributed by atoms with Gasteiger partial charge in [0.1, 0.15) is 17.1 Å². The Hall–Kier alpha value is -4.69. The molecule has 2 heterocycles. The lowest BCUT2D eigenvalue weighted by molar-refractivity contribution is -0.274. The number of halogens is 4. The van der Waals surface area contributed by atoms with Gasteiger partial charge in [-0.15, -0.1) is 13.2 Å². The summed E-state index contributed by atoms with van der Waals surface area (Å²) in [6.07, 6.45) is -1.61. The summed E-state index contributed by atoms with van der Waals surface area (Å²) in [5.74, 6) is -4.12. The van der Waals surface area contributed by atoms with E-state index in [1.807, 2.05) is 0 Å². The van der Waals surface area contributed by atoms with E-state index in [9.17, 15) is 31.9 Å². The minimum absolute atomic E-state index is 0.0124. The molecule has 0 spiro atoms. The molecule has 0 aliphatic heterocycles. The molecule has 11 nitrogen and oxygen atoms in total. The van der Waals surface area contributed by atoms with Crippen molar-refractivity contribution in [1.82, 2.24) is 14.8 Å². The molecule has 2 aromatic heterocycles. The number of pyridine rings is 1. The van der Waals surface area contributed by atoms with Crippen LogP contribution in [0.5, 0.6) is 5.75 Å². The highest BCUT2D eigenvalue weighted by atomic mass is 19.4. The Morgan fingerprint density at radius 3 is 2.39 bits per heavy atom. The van der Waals surface area contributed by atoms with Crippen LogP contribution in [0.1, 0.15) is 51.7 Å². The highest BCUT2D eigenvalue weighted by Gasteiger charge is 2.32. The lowest BCUT2D eigenvalue weighted by Crippen LogP contribution is -2.21. The van der Waals surface area contributed by atoms with Crippen molar-refractivity contribution in [3.05, 3.63) is 59.3 Å². The number of alkyl halides is 3. The molecular weight excluding hydrogens is 514 g/mol. The number of carbonyl (C=O) groups excluding carboxylic acids is 3. The number of nitrogens with zero attached hydrogens (tertiary/aromatic N) is 3. The van der Waals surface area contributed by atoms with Crippen molar-refractivity contribution in [1.29, 1.82) is 0 Å². The summed E-state index contributed by atoms with van der Waals surface area (Å²) in [6, 6.07) is 5.68. The number of aromatic nitrogens is 3. The van der Waals surface area contributed by atoms with Crippen LogP contribution >= 0.6 is 0 Å². The maximum atomic E-state index is 14.3. The summed E-state index contributed by atoms with van der Waals surface area (Å²) >= 11 is 0. The highest BCUT2D eigenvalue weighted by molar-refractivity contribution is 6.13. The van der Waals surface area contributed by atoms with Crippen molar-refractivity contribution in [2.24, 2.45) is 5.73 Å². The molecule has 1 fully saturated rings. The van der Waals surface area contributed by atoms with Gasteiger partial charge in [-0.25, -0.2) is 9.67 Å². The second kappa shape index (κ2) is 10.4. The van der Waals surface area contributed by atoms with Gasteiger partial charge < -0.3 is 26.8 Å². The molecule has 38 heavy (non-hydrogen) atoms. The summed E-state index contributed by atoms with van der Waals surface area (Å²) in [6.45, 7) is 0. The van der Waals surface area contributed by atoms with Gasteiger partial charge in [-0.3, -0.25) is 14.4 Å². The summed E-state index contributed by atoms with van der Waals surface area (Å²) < 4.78 is 56.3. The van der Waals surface area contributed by atoms with Gasteiger partial charge in [0.05, 0.1) is 30.0 Å². The van der Waals surface area contributed by atoms with Crippen molar-refractivity contribution in [2.45, 2.75) is 38.1 Å². The number of rotatable bonds is 8. The molecule has 0 saturated heterocycles. The van der Waals surface area contributed by atoms with Gasteiger partial charge in [-0.05, 0) is 43.0 Å². The van der Waals surface area contributed by atoms with Crippen LogP contribution in [0.25, 0.3) is 0 Å². The Morgan fingerprint density at radius 2 is 1.82 bits per heavy atom. The fourth-order valence-corrected chi connectivity index (χ4v) is 3.74. The first-order chi connectivity index (χ1) is 17.9. The number of carbonyl (C=O) groups is 3. The number of amides is 3. The number of nitrogen functional groups attached to an aromatic ring is 1. The predicted molar refractivity (Wildman–Crippen MR) is 126 cm³/mol. The number of anilines is 3. The van der Waals surface area contributed by atoms with E-state index in [1.165, 1.54) is 16.8 Å². The van der Waals surface area contributed by atoms with Crippen molar-refractivity contribution in [3.63, 3.8) is 0 Å². The largest absolute Gasteiger partial charge is 0.573 e. The van der Waals surface area contributed by atoms with E-state index in [1.54, 1.807) is 0 Å². The van der Waals surface area contributed by atoms with Crippen LogP contribution in [-0.4, -0.2) is 38.8 Å². The molecule has 1 aliphatic rings. The third-order valence-corrected chi connectivity index (χ3v) is 5.72. The Bertz CT molecular complexity index is 1390. The minimum atomic E-state index is -4.84. The van der Waals surface area contributed by atoms with Crippen LogP contribution in [0.3, 0.4) is 0 Å². The van der Waals surface area contributed by atoms with E-state index in [-0.39, 0.29) is 35.2 Å². The smallest absolute Gasteiger partial charge is 0.406 e. The third-order valence-electron chi connectivity index (χ3n) is 5.72. The van der Waals surface area contributed by atoms with Crippen molar-refractivity contribution in [2.75, 3.05) is 16.4 Å².